The van der Waals surface area contributed by atoms with Gasteiger partial charge in [-0.3, -0.25) is 4.79 Å². The first-order chi connectivity index (χ1) is 8.39. The third kappa shape index (κ3) is 4.93. The SMILES string of the molecule is CC1(NC(=O)CCC2CCCN2)CCS(=O)(=O)C1.Cl. The predicted octanol–water partition coefficient (Wildman–Crippen LogP) is 0.634. The van der Waals surface area contributed by atoms with Crippen LogP contribution in [-0.2, 0) is 14.6 Å². The highest BCUT2D eigenvalue weighted by atomic mass is 35.5. The van der Waals surface area contributed by atoms with Gasteiger partial charge in [0.1, 0.15) is 0 Å². The average Bonchev–Trinajstić information content (AvgIpc) is 2.84. The molecular weight excluding hydrogens is 288 g/mol. The summed E-state index contributed by atoms with van der Waals surface area (Å²) in [5, 5.41) is 6.24. The van der Waals surface area contributed by atoms with Crippen LogP contribution in [-0.4, -0.2) is 44.0 Å². The maximum atomic E-state index is 11.8. The lowest BCUT2D eigenvalue weighted by Crippen LogP contribution is -2.47. The maximum Gasteiger partial charge on any atom is 0.220 e. The van der Waals surface area contributed by atoms with Crippen molar-refractivity contribution < 1.29 is 13.2 Å². The topological polar surface area (TPSA) is 75.3 Å². The van der Waals surface area contributed by atoms with Crippen molar-refractivity contribution in [1.82, 2.24) is 10.6 Å². The largest absolute Gasteiger partial charge is 0.350 e. The second-order valence-corrected chi connectivity index (χ2v) is 7.97. The van der Waals surface area contributed by atoms with E-state index in [9.17, 15) is 13.2 Å². The molecule has 2 saturated heterocycles. The van der Waals surface area contributed by atoms with Crippen LogP contribution in [0.25, 0.3) is 0 Å². The molecule has 112 valence electrons. The van der Waals surface area contributed by atoms with Gasteiger partial charge in [-0.25, -0.2) is 8.42 Å². The molecule has 0 bridgehead atoms. The summed E-state index contributed by atoms with van der Waals surface area (Å²) in [7, 11) is -2.96. The van der Waals surface area contributed by atoms with Crippen molar-refractivity contribution in [2.24, 2.45) is 0 Å². The van der Waals surface area contributed by atoms with Crippen LogP contribution in [0.15, 0.2) is 0 Å². The Morgan fingerprint density at radius 3 is 2.74 bits per heavy atom. The molecule has 5 nitrogen and oxygen atoms in total. The Bertz CT molecular complexity index is 421. The van der Waals surface area contributed by atoms with Crippen molar-refractivity contribution in [2.75, 3.05) is 18.1 Å². The van der Waals surface area contributed by atoms with Gasteiger partial charge in [0.15, 0.2) is 9.84 Å². The highest BCUT2D eigenvalue weighted by Crippen LogP contribution is 2.23. The Morgan fingerprint density at radius 2 is 2.21 bits per heavy atom. The molecule has 0 aromatic carbocycles. The van der Waals surface area contributed by atoms with Crippen molar-refractivity contribution in [3.63, 3.8) is 0 Å². The van der Waals surface area contributed by atoms with Crippen molar-refractivity contribution in [1.29, 1.82) is 0 Å². The molecule has 7 heteroatoms. The zero-order valence-corrected chi connectivity index (χ0v) is 12.9. The Hall–Kier alpha value is -0.330. The normalized spacial score (nSPS) is 32.8. The zero-order valence-electron chi connectivity index (χ0n) is 11.3. The monoisotopic (exact) mass is 310 g/mol. The summed E-state index contributed by atoms with van der Waals surface area (Å²) in [5.74, 6) is 0.241. The van der Waals surface area contributed by atoms with E-state index < -0.39 is 15.4 Å². The lowest BCUT2D eigenvalue weighted by molar-refractivity contribution is -0.122. The molecule has 2 heterocycles. The van der Waals surface area contributed by atoms with E-state index in [-0.39, 0.29) is 29.8 Å². The average molecular weight is 311 g/mol. The Balaban J connectivity index is 0.00000180. The van der Waals surface area contributed by atoms with Gasteiger partial charge in [0.25, 0.3) is 0 Å². The number of carbonyl (C=O) groups is 1. The maximum absolute atomic E-state index is 11.8. The molecule has 0 aromatic rings. The van der Waals surface area contributed by atoms with Crippen LogP contribution in [0.4, 0.5) is 0 Å². The summed E-state index contributed by atoms with van der Waals surface area (Å²) in [6, 6.07) is 0.455. The molecule has 2 aliphatic heterocycles. The smallest absolute Gasteiger partial charge is 0.220 e. The van der Waals surface area contributed by atoms with E-state index in [1.807, 2.05) is 6.92 Å². The number of hydrogen-bond acceptors (Lipinski definition) is 4. The van der Waals surface area contributed by atoms with Gasteiger partial charge in [0.2, 0.25) is 5.91 Å². The van der Waals surface area contributed by atoms with Crippen LogP contribution >= 0.6 is 12.4 Å². The van der Waals surface area contributed by atoms with Crippen LogP contribution in [0.1, 0.15) is 39.0 Å². The van der Waals surface area contributed by atoms with Gasteiger partial charge >= 0.3 is 0 Å². The lowest BCUT2D eigenvalue weighted by Gasteiger charge is -2.24. The highest BCUT2D eigenvalue weighted by molar-refractivity contribution is 7.91. The van der Waals surface area contributed by atoms with E-state index in [2.05, 4.69) is 10.6 Å². The summed E-state index contributed by atoms with van der Waals surface area (Å²) >= 11 is 0. The molecule has 2 unspecified atom stereocenters. The Labute approximate surface area is 121 Å². The molecule has 2 aliphatic rings. The van der Waals surface area contributed by atoms with Gasteiger partial charge in [-0.05, 0) is 39.2 Å². The van der Waals surface area contributed by atoms with E-state index in [0.717, 1.165) is 19.4 Å². The first-order valence-corrected chi connectivity index (χ1v) is 8.46. The zero-order chi connectivity index (χ0) is 13.2. The molecule has 2 fully saturated rings. The second kappa shape index (κ2) is 6.41. The molecule has 2 N–H and O–H groups in total. The fourth-order valence-corrected chi connectivity index (χ4v) is 4.91. The van der Waals surface area contributed by atoms with Crippen molar-refractivity contribution >= 4 is 28.2 Å². The number of nitrogens with one attached hydrogen (secondary N) is 2. The van der Waals surface area contributed by atoms with Crippen LogP contribution in [0, 0.1) is 0 Å². The van der Waals surface area contributed by atoms with Gasteiger partial charge in [-0.1, -0.05) is 0 Å². The Kier molecular flexibility index (Phi) is 5.65. The molecule has 0 saturated carbocycles. The molecule has 2 atom stereocenters. The van der Waals surface area contributed by atoms with Crippen molar-refractivity contribution in [3.05, 3.63) is 0 Å². The first-order valence-electron chi connectivity index (χ1n) is 6.63. The lowest BCUT2D eigenvalue weighted by atomic mass is 10.0. The molecular formula is C12H23ClN2O3S. The van der Waals surface area contributed by atoms with E-state index in [1.165, 1.54) is 6.42 Å². The number of amides is 1. The summed E-state index contributed by atoms with van der Waals surface area (Å²) in [5.41, 5.74) is -0.557. The highest BCUT2D eigenvalue weighted by Gasteiger charge is 2.39. The van der Waals surface area contributed by atoms with E-state index in [4.69, 9.17) is 0 Å². The third-order valence-corrected chi connectivity index (χ3v) is 5.73. The van der Waals surface area contributed by atoms with E-state index in [0.29, 0.717) is 18.9 Å². The summed E-state index contributed by atoms with van der Waals surface area (Å²) in [6.45, 7) is 2.87. The quantitative estimate of drug-likeness (QED) is 0.799. The molecule has 0 aromatic heterocycles. The molecule has 0 spiro atoms. The molecule has 2 rings (SSSR count). The minimum Gasteiger partial charge on any atom is -0.350 e. The van der Waals surface area contributed by atoms with Crippen LogP contribution in [0.2, 0.25) is 0 Å². The number of rotatable bonds is 4. The predicted molar refractivity (Wildman–Crippen MR) is 77.3 cm³/mol. The number of sulfone groups is 1. The molecule has 19 heavy (non-hydrogen) atoms. The molecule has 1 amide bonds. The first kappa shape index (κ1) is 16.7. The van der Waals surface area contributed by atoms with Gasteiger partial charge < -0.3 is 10.6 Å². The van der Waals surface area contributed by atoms with Crippen molar-refractivity contribution in [3.8, 4) is 0 Å². The summed E-state index contributed by atoms with van der Waals surface area (Å²) in [6.07, 6.45) is 4.17. The minimum absolute atomic E-state index is 0. The van der Waals surface area contributed by atoms with Crippen molar-refractivity contribution in [2.45, 2.75) is 50.6 Å². The summed E-state index contributed by atoms with van der Waals surface area (Å²) in [4.78, 5) is 11.8. The van der Waals surface area contributed by atoms with Gasteiger partial charge in [-0.15, -0.1) is 12.4 Å². The standard InChI is InChI=1S/C12H22N2O3S.ClH/c1-12(6-8-18(16,17)9-12)14-11(15)5-4-10-3-2-7-13-10;/h10,13H,2-9H2,1H3,(H,14,15);1H. The fraction of sp³-hybridized carbons (Fsp3) is 0.917. The van der Waals surface area contributed by atoms with Crippen LogP contribution < -0.4 is 10.6 Å². The van der Waals surface area contributed by atoms with Crippen LogP contribution in [0.3, 0.4) is 0 Å². The van der Waals surface area contributed by atoms with Crippen LogP contribution in [0.5, 0.6) is 0 Å². The summed E-state index contributed by atoms with van der Waals surface area (Å²) < 4.78 is 22.9. The number of carbonyl (C=O) groups excluding carboxylic acids is 1. The van der Waals surface area contributed by atoms with Gasteiger partial charge in [0.05, 0.1) is 17.0 Å². The minimum atomic E-state index is -2.96. The van der Waals surface area contributed by atoms with Gasteiger partial charge in [0, 0.05) is 12.5 Å². The number of hydrogen-bond donors (Lipinski definition) is 2. The second-order valence-electron chi connectivity index (χ2n) is 5.78. The number of halogens is 1. The Morgan fingerprint density at radius 1 is 1.47 bits per heavy atom. The van der Waals surface area contributed by atoms with E-state index >= 15 is 0 Å². The fourth-order valence-electron chi connectivity index (χ4n) is 2.82. The third-order valence-electron chi connectivity index (χ3n) is 3.83. The van der Waals surface area contributed by atoms with E-state index in [1.54, 1.807) is 0 Å². The molecule has 0 aliphatic carbocycles. The van der Waals surface area contributed by atoms with Gasteiger partial charge in [-0.2, -0.15) is 0 Å². The molecule has 0 radical (unpaired) electrons.